The summed E-state index contributed by atoms with van der Waals surface area (Å²) in [6.07, 6.45) is 0. The molecule has 0 saturated carbocycles. The highest BCUT2D eigenvalue weighted by Crippen LogP contribution is 2.40. The Hall–Kier alpha value is -2.46. The van der Waals surface area contributed by atoms with Gasteiger partial charge in [0, 0.05) is 12.1 Å². The topological polar surface area (TPSA) is 46.6 Å². The molecule has 0 bridgehead atoms. The van der Waals surface area contributed by atoms with Crippen LogP contribution in [0.1, 0.15) is 49.2 Å². The number of esters is 1. The second-order valence-electron chi connectivity index (χ2n) is 7.88. The average Bonchev–Trinajstić information content (AvgIpc) is 2.88. The van der Waals surface area contributed by atoms with E-state index in [1.807, 2.05) is 75.1 Å². The van der Waals surface area contributed by atoms with Crippen LogP contribution in [0.3, 0.4) is 0 Å². The summed E-state index contributed by atoms with van der Waals surface area (Å²) < 4.78 is 5.71. The van der Waals surface area contributed by atoms with E-state index in [9.17, 15) is 9.59 Å². The molecule has 0 fully saturated rings. The third kappa shape index (κ3) is 3.42. The zero-order chi connectivity index (χ0) is 18.9. The molecule has 2 aromatic rings. The lowest BCUT2D eigenvalue weighted by Crippen LogP contribution is -2.49. The van der Waals surface area contributed by atoms with Crippen LogP contribution in [0.5, 0.6) is 0 Å². The standard InChI is InChI=1S/C22H25NO3/c1-21(2,3)26-20(25)22(4)18-13-9-8-12-17(18)14-23(22)15-19(24)16-10-6-5-7-11-16/h5-13H,14-15H2,1-4H3. The van der Waals surface area contributed by atoms with Crippen LogP contribution in [0.2, 0.25) is 0 Å². The van der Waals surface area contributed by atoms with Gasteiger partial charge in [-0.05, 0) is 38.8 Å². The average molecular weight is 351 g/mol. The summed E-state index contributed by atoms with van der Waals surface area (Å²) in [5.74, 6) is -0.330. The van der Waals surface area contributed by atoms with Crippen molar-refractivity contribution in [3.63, 3.8) is 0 Å². The van der Waals surface area contributed by atoms with Gasteiger partial charge in [0.2, 0.25) is 0 Å². The molecule has 0 radical (unpaired) electrons. The van der Waals surface area contributed by atoms with Crippen molar-refractivity contribution in [1.82, 2.24) is 4.90 Å². The number of benzene rings is 2. The van der Waals surface area contributed by atoms with Gasteiger partial charge in [-0.25, -0.2) is 4.79 Å². The Bertz CT molecular complexity index is 823. The molecule has 2 aromatic carbocycles. The zero-order valence-electron chi connectivity index (χ0n) is 15.8. The largest absolute Gasteiger partial charge is 0.458 e. The van der Waals surface area contributed by atoms with E-state index in [4.69, 9.17) is 4.74 Å². The number of carbonyl (C=O) groups is 2. The quantitative estimate of drug-likeness (QED) is 0.618. The number of ether oxygens (including phenoxy) is 1. The Morgan fingerprint density at radius 3 is 2.31 bits per heavy atom. The highest BCUT2D eigenvalue weighted by Gasteiger charge is 2.49. The van der Waals surface area contributed by atoms with Crippen LogP contribution >= 0.6 is 0 Å². The van der Waals surface area contributed by atoms with Crippen molar-refractivity contribution in [2.24, 2.45) is 0 Å². The Morgan fingerprint density at radius 1 is 1.04 bits per heavy atom. The molecule has 136 valence electrons. The number of hydrogen-bond acceptors (Lipinski definition) is 4. The SMILES string of the molecule is CC(C)(C)OC(=O)C1(C)c2ccccc2CN1CC(=O)c1ccccc1. The lowest BCUT2D eigenvalue weighted by molar-refractivity contribution is -0.168. The van der Waals surface area contributed by atoms with E-state index < -0.39 is 11.1 Å². The number of hydrogen-bond donors (Lipinski definition) is 0. The summed E-state index contributed by atoms with van der Waals surface area (Å²) in [7, 11) is 0. The molecule has 1 aliphatic rings. The Labute approximate surface area is 154 Å². The maximum absolute atomic E-state index is 13.1. The maximum Gasteiger partial charge on any atom is 0.331 e. The van der Waals surface area contributed by atoms with Crippen molar-refractivity contribution >= 4 is 11.8 Å². The first-order valence-corrected chi connectivity index (χ1v) is 8.87. The summed E-state index contributed by atoms with van der Waals surface area (Å²) in [6.45, 7) is 8.13. The zero-order valence-corrected chi connectivity index (χ0v) is 15.8. The molecular weight excluding hydrogens is 326 g/mol. The number of carbonyl (C=O) groups excluding carboxylic acids is 2. The molecule has 1 aliphatic heterocycles. The normalized spacial score (nSPS) is 19.8. The van der Waals surface area contributed by atoms with Gasteiger partial charge in [0.25, 0.3) is 0 Å². The van der Waals surface area contributed by atoms with Crippen molar-refractivity contribution < 1.29 is 14.3 Å². The maximum atomic E-state index is 13.1. The highest BCUT2D eigenvalue weighted by atomic mass is 16.6. The second-order valence-corrected chi connectivity index (χ2v) is 7.88. The Kier molecular flexibility index (Phi) is 4.72. The van der Waals surface area contributed by atoms with Gasteiger partial charge >= 0.3 is 5.97 Å². The molecule has 0 N–H and O–H groups in total. The number of nitrogens with zero attached hydrogens (tertiary/aromatic N) is 1. The summed E-state index contributed by atoms with van der Waals surface area (Å²) in [4.78, 5) is 27.8. The van der Waals surface area contributed by atoms with Crippen molar-refractivity contribution in [3.8, 4) is 0 Å². The summed E-state index contributed by atoms with van der Waals surface area (Å²) in [6, 6.07) is 17.0. The first-order chi connectivity index (χ1) is 12.2. The van der Waals surface area contributed by atoms with Crippen molar-refractivity contribution in [1.29, 1.82) is 0 Å². The molecular formula is C22H25NO3. The molecule has 0 amide bonds. The molecule has 0 spiro atoms. The molecule has 0 aliphatic carbocycles. The molecule has 0 saturated heterocycles. The molecule has 1 unspecified atom stereocenters. The van der Waals surface area contributed by atoms with Crippen LogP contribution in [0, 0.1) is 0 Å². The number of ketones is 1. The van der Waals surface area contributed by atoms with Gasteiger partial charge in [-0.15, -0.1) is 0 Å². The fourth-order valence-electron chi connectivity index (χ4n) is 3.39. The summed E-state index contributed by atoms with van der Waals surface area (Å²) in [5, 5.41) is 0. The third-order valence-corrected chi connectivity index (χ3v) is 4.76. The van der Waals surface area contributed by atoms with E-state index in [0.29, 0.717) is 12.1 Å². The van der Waals surface area contributed by atoms with Crippen molar-refractivity contribution in [2.45, 2.75) is 45.4 Å². The Morgan fingerprint density at radius 2 is 1.65 bits per heavy atom. The van der Waals surface area contributed by atoms with Gasteiger partial charge in [-0.3, -0.25) is 9.69 Å². The number of fused-ring (bicyclic) bond motifs is 1. The van der Waals surface area contributed by atoms with Crippen LogP contribution in [-0.4, -0.2) is 28.8 Å². The van der Waals surface area contributed by atoms with Gasteiger partial charge in [0.15, 0.2) is 5.78 Å². The van der Waals surface area contributed by atoms with E-state index in [-0.39, 0.29) is 18.3 Å². The van der Waals surface area contributed by atoms with E-state index in [2.05, 4.69) is 0 Å². The van der Waals surface area contributed by atoms with Gasteiger partial charge in [0.05, 0.1) is 6.54 Å². The van der Waals surface area contributed by atoms with Gasteiger partial charge in [-0.2, -0.15) is 0 Å². The summed E-state index contributed by atoms with van der Waals surface area (Å²) in [5.41, 5.74) is 1.05. The van der Waals surface area contributed by atoms with Gasteiger partial charge in [0.1, 0.15) is 11.1 Å². The molecule has 4 heteroatoms. The minimum atomic E-state index is -0.978. The monoisotopic (exact) mass is 351 g/mol. The van der Waals surface area contributed by atoms with E-state index in [0.717, 1.165) is 11.1 Å². The first-order valence-electron chi connectivity index (χ1n) is 8.87. The molecule has 1 atom stereocenters. The lowest BCUT2D eigenvalue weighted by Gasteiger charge is -2.35. The minimum Gasteiger partial charge on any atom is -0.458 e. The van der Waals surface area contributed by atoms with Gasteiger partial charge in [-0.1, -0.05) is 54.6 Å². The fourth-order valence-corrected chi connectivity index (χ4v) is 3.39. The van der Waals surface area contributed by atoms with Crippen LogP contribution in [0.4, 0.5) is 0 Å². The first kappa shape index (κ1) is 18.3. The summed E-state index contributed by atoms with van der Waals surface area (Å²) >= 11 is 0. The van der Waals surface area contributed by atoms with E-state index >= 15 is 0 Å². The molecule has 4 nitrogen and oxygen atoms in total. The lowest BCUT2D eigenvalue weighted by atomic mass is 9.91. The van der Waals surface area contributed by atoms with Crippen molar-refractivity contribution in [3.05, 3.63) is 71.3 Å². The highest BCUT2D eigenvalue weighted by molar-refractivity contribution is 5.98. The van der Waals surface area contributed by atoms with Crippen LogP contribution < -0.4 is 0 Å². The predicted octanol–water partition coefficient (Wildman–Crippen LogP) is 3.94. The fraction of sp³-hybridized carbons (Fsp3) is 0.364. The smallest absolute Gasteiger partial charge is 0.331 e. The number of rotatable bonds is 4. The Balaban J connectivity index is 1.94. The van der Waals surface area contributed by atoms with Gasteiger partial charge < -0.3 is 4.74 Å². The predicted molar refractivity (Wildman–Crippen MR) is 101 cm³/mol. The molecule has 3 rings (SSSR count). The van der Waals surface area contributed by atoms with Crippen LogP contribution in [0.15, 0.2) is 54.6 Å². The number of Topliss-reactive ketones (excluding diaryl/α,β-unsaturated/α-hetero) is 1. The second kappa shape index (κ2) is 6.69. The van der Waals surface area contributed by atoms with Crippen LogP contribution in [0.25, 0.3) is 0 Å². The van der Waals surface area contributed by atoms with E-state index in [1.54, 1.807) is 12.1 Å². The van der Waals surface area contributed by atoms with Crippen LogP contribution in [-0.2, 0) is 21.6 Å². The van der Waals surface area contributed by atoms with E-state index in [1.165, 1.54) is 0 Å². The third-order valence-electron chi connectivity index (χ3n) is 4.76. The molecule has 0 aromatic heterocycles. The minimum absolute atomic E-state index is 0.00631. The molecule has 1 heterocycles. The molecule has 26 heavy (non-hydrogen) atoms. The van der Waals surface area contributed by atoms with Crippen molar-refractivity contribution in [2.75, 3.05) is 6.54 Å².